The largest absolute Gasteiger partial charge is 0.342 e. The summed E-state index contributed by atoms with van der Waals surface area (Å²) in [7, 11) is 0. The summed E-state index contributed by atoms with van der Waals surface area (Å²) in [6.45, 7) is -0.0634. The molecule has 0 fully saturated rings. The van der Waals surface area contributed by atoms with Crippen molar-refractivity contribution in [1.29, 1.82) is 0 Å². The Bertz CT molecular complexity index is 879. The molecule has 4 nitrogen and oxygen atoms in total. The van der Waals surface area contributed by atoms with Crippen LogP contribution in [0.4, 0.5) is 5.69 Å². The summed E-state index contributed by atoms with van der Waals surface area (Å²) in [4.78, 5) is 26.6. The van der Waals surface area contributed by atoms with Crippen LogP contribution in [-0.4, -0.2) is 18.4 Å². The van der Waals surface area contributed by atoms with E-state index < -0.39 is 0 Å². The van der Waals surface area contributed by atoms with Crippen LogP contribution in [0.25, 0.3) is 0 Å². The van der Waals surface area contributed by atoms with Gasteiger partial charge in [0.2, 0.25) is 5.91 Å². The molecule has 0 saturated carbocycles. The summed E-state index contributed by atoms with van der Waals surface area (Å²) in [6, 6.07) is 19.2. The fourth-order valence-corrected chi connectivity index (χ4v) is 3.83. The lowest BCUT2D eigenvalue weighted by atomic mass is 10.3. The van der Waals surface area contributed by atoms with Crippen LogP contribution in [0.15, 0.2) is 80.3 Å². The number of hydrogen-bond acceptors (Lipinski definition) is 4. The van der Waals surface area contributed by atoms with Crippen LogP contribution in [0.3, 0.4) is 0 Å². The van der Waals surface area contributed by atoms with E-state index in [0.29, 0.717) is 10.6 Å². The lowest BCUT2D eigenvalue weighted by Gasteiger charge is -2.07. The van der Waals surface area contributed by atoms with Crippen molar-refractivity contribution in [2.75, 3.05) is 11.9 Å². The van der Waals surface area contributed by atoms with Gasteiger partial charge in [-0.05, 0) is 60.0 Å². The van der Waals surface area contributed by atoms with E-state index in [0.717, 1.165) is 14.3 Å². The molecule has 0 atom stereocenters. The third-order valence-corrected chi connectivity index (χ3v) is 5.75. The van der Waals surface area contributed by atoms with Gasteiger partial charge in [-0.2, -0.15) is 0 Å². The van der Waals surface area contributed by atoms with E-state index in [9.17, 15) is 9.59 Å². The predicted octanol–water partition coefficient (Wildman–Crippen LogP) is 5.03. The van der Waals surface area contributed by atoms with Crippen LogP contribution < -0.4 is 10.6 Å². The van der Waals surface area contributed by atoms with Crippen molar-refractivity contribution < 1.29 is 9.59 Å². The summed E-state index contributed by atoms with van der Waals surface area (Å²) in [5.74, 6) is -0.500. The van der Waals surface area contributed by atoms with E-state index in [1.807, 2.05) is 53.9 Å². The first-order valence-corrected chi connectivity index (χ1v) is 10.2. The van der Waals surface area contributed by atoms with Crippen molar-refractivity contribution in [1.82, 2.24) is 5.32 Å². The standard InChI is InChI=1S/C19H15BrN2O2S2/c20-13-3-7-15(8-4-13)26-16-9-5-14(6-10-16)22-18(23)12-21-19(24)17-2-1-11-25-17/h1-11H,12H2,(H,21,24)(H,22,23). The summed E-state index contributed by atoms with van der Waals surface area (Å²) < 4.78 is 1.05. The minimum atomic E-state index is -0.261. The van der Waals surface area contributed by atoms with Crippen molar-refractivity contribution in [2.45, 2.75) is 9.79 Å². The summed E-state index contributed by atoms with van der Waals surface area (Å²) in [6.07, 6.45) is 0. The molecule has 3 rings (SSSR count). The van der Waals surface area contributed by atoms with E-state index in [2.05, 4.69) is 26.6 Å². The van der Waals surface area contributed by atoms with Crippen LogP contribution in [0, 0.1) is 0 Å². The maximum absolute atomic E-state index is 12.0. The number of rotatable bonds is 6. The number of thiophene rings is 1. The fourth-order valence-electron chi connectivity index (χ4n) is 2.11. The number of amides is 2. The van der Waals surface area contributed by atoms with E-state index in [1.165, 1.54) is 11.3 Å². The normalized spacial score (nSPS) is 10.3. The van der Waals surface area contributed by atoms with Gasteiger partial charge in [-0.15, -0.1) is 11.3 Å². The molecule has 3 aromatic rings. The average Bonchev–Trinajstić information content (AvgIpc) is 3.18. The molecule has 0 unspecified atom stereocenters. The number of anilines is 1. The lowest BCUT2D eigenvalue weighted by Crippen LogP contribution is -2.32. The van der Waals surface area contributed by atoms with Crippen molar-refractivity contribution in [3.05, 3.63) is 75.4 Å². The predicted molar refractivity (Wildman–Crippen MR) is 110 cm³/mol. The van der Waals surface area contributed by atoms with Gasteiger partial charge in [0, 0.05) is 20.0 Å². The lowest BCUT2D eigenvalue weighted by molar-refractivity contribution is -0.115. The maximum atomic E-state index is 12.0. The molecule has 1 heterocycles. The number of hydrogen-bond donors (Lipinski definition) is 2. The first-order valence-electron chi connectivity index (χ1n) is 7.75. The number of benzene rings is 2. The molecular weight excluding hydrogens is 432 g/mol. The minimum absolute atomic E-state index is 0.0634. The highest BCUT2D eigenvalue weighted by Gasteiger charge is 2.09. The van der Waals surface area contributed by atoms with Crippen molar-refractivity contribution in [2.24, 2.45) is 0 Å². The van der Waals surface area contributed by atoms with Crippen LogP contribution in [0.5, 0.6) is 0 Å². The van der Waals surface area contributed by atoms with E-state index in [4.69, 9.17) is 0 Å². The Morgan fingerprint density at radius 3 is 2.23 bits per heavy atom. The molecule has 2 aromatic carbocycles. The van der Waals surface area contributed by atoms with Gasteiger partial charge in [-0.25, -0.2) is 0 Å². The molecule has 132 valence electrons. The molecule has 2 N–H and O–H groups in total. The molecular formula is C19H15BrN2O2S2. The van der Waals surface area contributed by atoms with Crippen molar-refractivity contribution in [3.63, 3.8) is 0 Å². The SMILES string of the molecule is O=C(CNC(=O)c1cccs1)Nc1ccc(Sc2ccc(Br)cc2)cc1. The summed E-state index contributed by atoms with van der Waals surface area (Å²) >= 11 is 6.41. The zero-order valence-electron chi connectivity index (χ0n) is 13.6. The molecule has 0 bridgehead atoms. The molecule has 0 saturated heterocycles. The fraction of sp³-hybridized carbons (Fsp3) is 0.0526. The minimum Gasteiger partial charge on any atom is -0.342 e. The van der Waals surface area contributed by atoms with Crippen molar-refractivity contribution >= 4 is 56.5 Å². The topological polar surface area (TPSA) is 58.2 Å². The van der Waals surface area contributed by atoms with Gasteiger partial charge in [0.25, 0.3) is 5.91 Å². The van der Waals surface area contributed by atoms with Gasteiger partial charge in [-0.3, -0.25) is 9.59 Å². The number of carbonyl (C=O) groups excluding carboxylic acids is 2. The zero-order chi connectivity index (χ0) is 18.4. The monoisotopic (exact) mass is 446 g/mol. The highest BCUT2D eigenvalue weighted by molar-refractivity contribution is 9.10. The Balaban J connectivity index is 1.49. The molecule has 0 aliphatic carbocycles. The van der Waals surface area contributed by atoms with Crippen molar-refractivity contribution in [3.8, 4) is 0 Å². The Hall–Kier alpha value is -2.09. The van der Waals surface area contributed by atoms with Crippen LogP contribution in [0.2, 0.25) is 0 Å². The molecule has 0 spiro atoms. The first-order chi connectivity index (χ1) is 12.6. The van der Waals surface area contributed by atoms with Gasteiger partial charge in [0.15, 0.2) is 0 Å². The smallest absolute Gasteiger partial charge is 0.261 e. The number of nitrogens with one attached hydrogen (secondary N) is 2. The molecule has 1 aromatic heterocycles. The Kier molecular flexibility index (Phi) is 6.49. The second-order valence-electron chi connectivity index (χ2n) is 5.29. The molecule has 0 aliphatic heterocycles. The molecule has 2 amide bonds. The van der Waals surface area contributed by atoms with E-state index >= 15 is 0 Å². The van der Waals surface area contributed by atoms with Gasteiger partial charge in [-0.1, -0.05) is 33.8 Å². The third-order valence-electron chi connectivity index (χ3n) is 3.34. The molecule has 0 aliphatic rings. The Morgan fingerprint density at radius 2 is 1.62 bits per heavy atom. The first kappa shape index (κ1) is 18.7. The third kappa shape index (κ3) is 5.45. The highest BCUT2D eigenvalue weighted by Crippen LogP contribution is 2.29. The Morgan fingerprint density at radius 1 is 0.962 bits per heavy atom. The molecule has 0 radical (unpaired) electrons. The number of halogens is 1. The van der Waals surface area contributed by atoms with Gasteiger partial charge >= 0.3 is 0 Å². The summed E-state index contributed by atoms with van der Waals surface area (Å²) in [5.41, 5.74) is 0.695. The summed E-state index contributed by atoms with van der Waals surface area (Å²) in [5, 5.41) is 7.20. The Labute approximate surface area is 168 Å². The van der Waals surface area contributed by atoms with Crippen LogP contribution in [-0.2, 0) is 4.79 Å². The van der Waals surface area contributed by atoms with E-state index in [1.54, 1.807) is 23.9 Å². The number of carbonyl (C=O) groups is 2. The van der Waals surface area contributed by atoms with Gasteiger partial charge in [0.1, 0.15) is 0 Å². The van der Waals surface area contributed by atoms with Crippen LogP contribution >= 0.6 is 39.0 Å². The average molecular weight is 447 g/mol. The second kappa shape index (κ2) is 9.02. The second-order valence-corrected chi connectivity index (χ2v) is 8.30. The highest BCUT2D eigenvalue weighted by atomic mass is 79.9. The van der Waals surface area contributed by atoms with E-state index in [-0.39, 0.29) is 18.4 Å². The zero-order valence-corrected chi connectivity index (χ0v) is 16.8. The van der Waals surface area contributed by atoms with Gasteiger partial charge < -0.3 is 10.6 Å². The quantitative estimate of drug-likeness (QED) is 0.557. The van der Waals surface area contributed by atoms with Gasteiger partial charge in [0.05, 0.1) is 11.4 Å². The maximum Gasteiger partial charge on any atom is 0.261 e. The molecule has 26 heavy (non-hydrogen) atoms. The molecule has 7 heteroatoms. The van der Waals surface area contributed by atoms with Crippen LogP contribution in [0.1, 0.15) is 9.67 Å².